The fourth-order valence-electron chi connectivity index (χ4n) is 3.20. The number of hydrogen-bond acceptors (Lipinski definition) is 7. The molecule has 0 bridgehead atoms. The van der Waals surface area contributed by atoms with E-state index >= 15 is 0 Å². The average Bonchev–Trinajstić information content (AvgIpc) is 3.00. The molecule has 3 rings (SSSR count). The van der Waals surface area contributed by atoms with Crippen molar-refractivity contribution >= 4 is 21.7 Å². The molecule has 8 nitrogen and oxygen atoms in total. The lowest BCUT2D eigenvalue weighted by molar-refractivity contribution is -0.174. The Morgan fingerprint density at radius 3 is 2.48 bits per heavy atom. The van der Waals surface area contributed by atoms with E-state index in [1.54, 1.807) is 26.0 Å². The Bertz CT molecular complexity index is 1000. The van der Waals surface area contributed by atoms with Crippen molar-refractivity contribution < 1.29 is 32.5 Å². The summed E-state index contributed by atoms with van der Waals surface area (Å²) in [4.78, 5) is 12.5. The van der Waals surface area contributed by atoms with Crippen LogP contribution in [0.3, 0.4) is 0 Å². The first-order chi connectivity index (χ1) is 13.7. The Morgan fingerprint density at radius 1 is 1.21 bits per heavy atom. The molecule has 2 N–H and O–H groups in total. The van der Waals surface area contributed by atoms with Crippen LogP contribution in [0.5, 0.6) is 11.5 Å². The Hall–Kier alpha value is -2.78. The third-order valence-corrected chi connectivity index (χ3v) is 6.11. The van der Waals surface area contributed by atoms with E-state index in [9.17, 15) is 18.3 Å². The Morgan fingerprint density at radius 2 is 1.90 bits per heavy atom. The normalized spacial score (nSPS) is 20.5. The number of benzene rings is 2. The van der Waals surface area contributed by atoms with Gasteiger partial charge >= 0.3 is 5.97 Å². The zero-order valence-electron chi connectivity index (χ0n) is 16.3. The second-order valence-electron chi connectivity index (χ2n) is 6.52. The molecule has 0 spiro atoms. The standard InChI is InChI=1S/C20H23NO7S/c1-4-20(23)18(19(22)27-5-2)16-12-13(6-11-17(16)28-20)21-29(24,25)15-9-7-14(26-3)8-10-15/h6-12,18,21,23H,4-5H2,1-3H3. The minimum Gasteiger partial charge on any atom is -0.497 e. The molecule has 0 fully saturated rings. The molecule has 156 valence electrons. The highest BCUT2D eigenvalue weighted by molar-refractivity contribution is 7.92. The molecule has 1 aliphatic rings. The van der Waals surface area contributed by atoms with E-state index in [-0.39, 0.29) is 23.6 Å². The Labute approximate surface area is 169 Å². The van der Waals surface area contributed by atoms with E-state index in [2.05, 4.69) is 4.72 Å². The number of nitrogens with one attached hydrogen (secondary N) is 1. The second kappa shape index (κ2) is 7.92. The van der Waals surface area contributed by atoms with Crippen LogP contribution in [-0.4, -0.2) is 39.0 Å². The van der Waals surface area contributed by atoms with E-state index in [1.165, 1.54) is 37.4 Å². The first-order valence-corrected chi connectivity index (χ1v) is 10.6. The number of rotatable bonds is 7. The highest BCUT2D eigenvalue weighted by Crippen LogP contribution is 2.46. The van der Waals surface area contributed by atoms with Crippen LogP contribution < -0.4 is 14.2 Å². The lowest BCUT2D eigenvalue weighted by atomic mass is 9.91. The fourth-order valence-corrected chi connectivity index (χ4v) is 4.25. The number of carbonyl (C=O) groups is 1. The van der Waals surface area contributed by atoms with Crippen molar-refractivity contribution in [2.24, 2.45) is 0 Å². The number of methoxy groups -OCH3 is 1. The second-order valence-corrected chi connectivity index (χ2v) is 8.20. The van der Waals surface area contributed by atoms with Crippen molar-refractivity contribution in [2.75, 3.05) is 18.4 Å². The van der Waals surface area contributed by atoms with Gasteiger partial charge in [0.25, 0.3) is 10.0 Å². The van der Waals surface area contributed by atoms with Gasteiger partial charge in [0.15, 0.2) is 5.92 Å². The molecule has 0 aromatic heterocycles. The molecule has 1 heterocycles. The van der Waals surface area contributed by atoms with Gasteiger partial charge in [0.2, 0.25) is 5.79 Å². The number of ether oxygens (including phenoxy) is 3. The Kier molecular flexibility index (Phi) is 5.72. The van der Waals surface area contributed by atoms with Gasteiger partial charge in [-0.2, -0.15) is 0 Å². The van der Waals surface area contributed by atoms with Gasteiger partial charge in [0, 0.05) is 17.7 Å². The quantitative estimate of drug-likeness (QED) is 0.661. The first-order valence-electron chi connectivity index (χ1n) is 9.13. The predicted molar refractivity (Wildman–Crippen MR) is 105 cm³/mol. The molecule has 1 aliphatic heterocycles. The molecule has 2 unspecified atom stereocenters. The predicted octanol–water partition coefficient (Wildman–Crippen LogP) is 2.63. The van der Waals surface area contributed by atoms with Gasteiger partial charge in [0.05, 0.1) is 18.6 Å². The highest BCUT2D eigenvalue weighted by atomic mass is 32.2. The van der Waals surface area contributed by atoms with Crippen LogP contribution >= 0.6 is 0 Å². The average molecular weight is 421 g/mol. The van der Waals surface area contributed by atoms with Crippen molar-refractivity contribution in [1.82, 2.24) is 0 Å². The summed E-state index contributed by atoms with van der Waals surface area (Å²) in [5.74, 6) is -2.62. The summed E-state index contributed by atoms with van der Waals surface area (Å²) in [7, 11) is -2.37. The van der Waals surface area contributed by atoms with Crippen LogP contribution in [0.4, 0.5) is 5.69 Å². The van der Waals surface area contributed by atoms with Crippen molar-refractivity contribution in [2.45, 2.75) is 36.9 Å². The van der Waals surface area contributed by atoms with Gasteiger partial charge in [-0.1, -0.05) is 6.92 Å². The summed E-state index contributed by atoms with van der Waals surface area (Å²) < 4.78 is 43.5. The summed E-state index contributed by atoms with van der Waals surface area (Å²) in [6.07, 6.45) is 0.151. The number of sulfonamides is 1. The third-order valence-electron chi connectivity index (χ3n) is 4.71. The fraction of sp³-hybridized carbons (Fsp3) is 0.350. The number of hydrogen-bond donors (Lipinski definition) is 2. The van der Waals surface area contributed by atoms with Crippen LogP contribution in [0, 0.1) is 0 Å². The van der Waals surface area contributed by atoms with Crippen molar-refractivity contribution in [3.63, 3.8) is 0 Å². The van der Waals surface area contributed by atoms with E-state index in [4.69, 9.17) is 14.2 Å². The number of aliphatic hydroxyl groups is 1. The van der Waals surface area contributed by atoms with Crippen molar-refractivity contribution in [1.29, 1.82) is 0 Å². The van der Waals surface area contributed by atoms with Crippen molar-refractivity contribution in [3.05, 3.63) is 48.0 Å². The summed E-state index contributed by atoms with van der Waals surface area (Å²) in [6.45, 7) is 3.50. The maximum absolute atomic E-state index is 12.7. The number of fused-ring (bicyclic) bond motifs is 1. The minimum atomic E-state index is -3.86. The van der Waals surface area contributed by atoms with E-state index < -0.39 is 27.7 Å². The van der Waals surface area contributed by atoms with Gasteiger partial charge in [-0.25, -0.2) is 8.42 Å². The number of carbonyl (C=O) groups excluding carboxylic acids is 1. The molecule has 0 amide bonds. The molecule has 29 heavy (non-hydrogen) atoms. The molecular weight excluding hydrogens is 398 g/mol. The minimum absolute atomic E-state index is 0.0575. The molecule has 0 saturated heterocycles. The van der Waals surface area contributed by atoms with Gasteiger partial charge in [-0.15, -0.1) is 0 Å². The van der Waals surface area contributed by atoms with E-state index in [0.29, 0.717) is 17.1 Å². The summed E-state index contributed by atoms with van der Waals surface area (Å²) in [5.41, 5.74) is 0.598. The SMILES string of the molecule is CCOC(=O)C1c2cc(NS(=O)(=O)c3ccc(OC)cc3)ccc2OC1(O)CC. The maximum atomic E-state index is 12.7. The molecule has 0 radical (unpaired) electrons. The largest absolute Gasteiger partial charge is 0.497 e. The van der Waals surface area contributed by atoms with E-state index in [0.717, 1.165) is 0 Å². The summed E-state index contributed by atoms with van der Waals surface area (Å²) in [6, 6.07) is 10.4. The summed E-state index contributed by atoms with van der Waals surface area (Å²) >= 11 is 0. The van der Waals surface area contributed by atoms with Crippen LogP contribution in [0.25, 0.3) is 0 Å². The molecule has 0 saturated carbocycles. The zero-order chi connectivity index (χ0) is 21.2. The van der Waals surface area contributed by atoms with Crippen LogP contribution in [0.1, 0.15) is 31.7 Å². The van der Waals surface area contributed by atoms with Crippen LogP contribution in [0.15, 0.2) is 47.4 Å². The molecule has 9 heteroatoms. The monoisotopic (exact) mass is 421 g/mol. The highest BCUT2D eigenvalue weighted by Gasteiger charge is 2.51. The third kappa shape index (κ3) is 4.01. The zero-order valence-corrected chi connectivity index (χ0v) is 17.2. The Balaban J connectivity index is 1.93. The molecule has 0 aliphatic carbocycles. The van der Waals surface area contributed by atoms with Crippen LogP contribution in [0.2, 0.25) is 0 Å². The molecular formula is C20H23NO7S. The van der Waals surface area contributed by atoms with Gasteiger partial charge in [0.1, 0.15) is 11.5 Å². The maximum Gasteiger partial charge on any atom is 0.320 e. The first kappa shape index (κ1) is 20.9. The van der Waals surface area contributed by atoms with Gasteiger partial charge < -0.3 is 19.3 Å². The van der Waals surface area contributed by atoms with E-state index in [1.807, 2.05) is 0 Å². The smallest absolute Gasteiger partial charge is 0.320 e. The number of anilines is 1. The topological polar surface area (TPSA) is 111 Å². The molecule has 2 aromatic rings. The lowest BCUT2D eigenvalue weighted by Crippen LogP contribution is -2.41. The number of esters is 1. The molecule has 2 aromatic carbocycles. The molecule has 2 atom stereocenters. The van der Waals surface area contributed by atoms with Gasteiger partial charge in [-0.05, 0) is 49.4 Å². The van der Waals surface area contributed by atoms with Crippen LogP contribution in [-0.2, 0) is 19.6 Å². The summed E-state index contributed by atoms with van der Waals surface area (Å²) in [5, 5.41) is 10.8. The van der Waals surface area contributed by atoms with Crippen molar-refractivity contribution in [3.8, 4) is 11.5 Å². The lowest BCUT2D eigenvalue weighted by Gasteiger charge is -2.26. The van der Waals surface area contributed by atoms with Gasteiger partial charge in [-0.3, -0.25) is 9.52 Å².